The lowest BCUT2D eigenvalue weighted by molar-refractivity contribution is 0.221. The van der Waals surface area contributed by atoms with Crippen LogP contribution in [0.25, 0.3) is 0 Å². The van der Waals surface area contributed by atoms with E-state index in [1.807, 2.05) is 6.07 Å². The molecule has 1 aromatic heterocycles. The molecule has 0 saturated carbocycles. The number of furan rings is 1. The Balaban J connectivity index is 0.00000338. The monoisotopic (exact) mass is 477 g/mol. The first-order chi connectivity index (χ1) is 12.1. The summed E-state index contributed by atoms with van der Waals surface area (Å²) < 4.78 is 5.68. The Labute approximate surface area is 175 Å². The minimum Gasteiger partial charge on any atom is -0.468 e. The highest BCUT2D eigenvalue weighted by Gasteiger charge is 2.25. The Hall–Kier alpha value is -0.800. The molecule has 1 unspecified atom stereocenters. The van der Waals surface area contributed by atoms with E-state index in [1.54, 1.807) is 6.26 Å². The van der Waals surface area contributed by atoms with Gasteiger partial charge in [-0.3, -0.25) is 9.89 Å². The summed E-state index contributed by atoms with van der Waals surface area (Å²) in [6.07, 6.45) is 4.29. The van der Waals surface area contributed by atoms with Gasteiger partial charge in [0.15, 0.2) is 5.96 Å². The third kappa shape index (κ3) is 7.44. The van der Waals surface area contributed by atoms with E-state index in [0.717, 1.165) is 44.4 Å². The molecule has 26 heavy (non-hydrogen) atoms. The van der Waals surface area contributed by atoms with E-state index in [1.165, 1.54) is 12.8 Å². The quantitative estimate of drug-likeness (QED) is 0.326. The van der Waals surface area contributed by atoms with Crippen molar-refractivity contribution in [2.24, 2.45) is 4.99 Å². The summed E-state index contributed by atoms with van der Waals surface area (Å²) in [5, 5.41) is 6.79. The molecular weight excluding hydrogens is 441 g/mol. The molecule has 0 aliphatic carbocycles. The number of nitrogens with one attached hydrogen (secondary N) is 2. The van der Waals surface area contributed by atoms with Crippen LogP contribution in [0, 0.1) is 0 Å². The zero-order chi connectivity index (χ0) is 18.1. The van der Waals surface area contributed by atoms with Crippen molar-refractivity contribution in [1.82, 2.24) is 20.4 Å². The normalized spacial score (nSPS) is 16.8. The molecule has 0 amide bonds. The van der Waals surface area contributed by atoms with Gasteiger partial charge in [-0.05, 0) is 65.9 Å². The van der Waals surface area contributed by atoms with Gasteiger partial charge in [0.1, 0.15) is 5.76 Å². The maximum Gasteiger partial charge on any atom is 0.191 e. The summed E-state index contributed by atoms with van der Waals surface area (Å²) in [7, 11) is 2.15. The predicted octanol–water partition coefficient (Wildman–Crippen LogP) is 2.93. The molecule has 0 bridgehead atoms. The van der Waals surface area contributed by atoms with Crippen molar-refractivity contribution in [2.75, 3.05) is 46.3 Å². The number of hydrogen-bond acceptors (Lipinski definition) is 4. The Kier molecular flexibility index (Phi) is 11.2. The van der Waals surface area contributed by atoms with E-state index in [-0.39, 0.29) is 30.0 Å². The molecular formula is C19H36IN5O. The van der Waals surface area contributed by atoms with E-state index in [0.29, 0.717) is 12.6 Å². The average Bonchev–Trinajstić information content (AvgIpc) is 3.29. The maximum atomic E-state index is 5.68. The number of rotatable bonds is 9. The van der Waals surface area contributed by atoms with Crippen molar-refractivity contribution in [3.63, 3.8) is 0 Å². The van der Waals surface area contributed by atoms with E-state index in [9.17, 15) is 0 Å². The van der Waals surface area contributed by atoms with Gasteiger partial charge >= 0.3 is 0 Å². The fourth-order valence-electron chi connectivity index (χ4n) is 3.05. The van der Waals surface area contributed by atoms with Gasteiger partial charge in [0, 0.05) is 25.7 Å². The van der Waals surface area contributed by atoms with Gasteiger partial charge in [-0.1, -0.05) is 0 Å². The van der Waals surface area contributed by atoms with Gasteiger partial charge in [-0.15, -0.1) is 24.0 Å². The molecule has 2 rings (SSSR count). The van der Waals surface area contributed by atoms with E-state index in [4.69, 9.17) is 9.41 Å². The van der Waals surface area contributed by atoms with Crippen molar-refractivity contribution in [3.8, 4) is 0 Å². The highest BCUT2D eigenvalue weighted by Crippen LogP contribution is 2.25. The second-order valence-electron chi connectivity index (χ2n) is 7.00. The first kappa shape index (κ1) is 23.2. The Morgan fingerprint density at radius 1 is 1.31 bits per heavy atom. The molecule has 150 valence electrons. The zero-order valence-corrected chi connectivity index (χ0v) is 19.0. The van der Waals surface area contributed by atoms with Crippen LogP contribution in [0.1, 0.15) is 45.4 Å². The van der Waals surface area contributed by atoms with Gasteiger partial charge in [0.2, 0.25) is 0 Å². The Bertz CT molecular complexity index is 500. The van der Waals surface area contributed by atoms with Gasteiger partial charge < -0.3 is 20.0 Å². The summed E-state index contributed by atoms with van der Waals surface area (Å²) in [6.45, 7) is 12.2. The van der Waals surface area contributed by atoms with Gasteiger partial charge in [-0.2, -0.15) is 0 Å². The molecule has 2 N–H and O–H groups in total. The SMILES string of the molecule is CCNC(=NCC(c1ccco1)N1CCCC1)NCCN(C)C(C)C.I. The lowest BCUT2D eigenvalue weighted by Crippen LogP contribution is -2.42. The molecule has 1 aromatic rings. The molecule has 1 fully saturated rings. The standard InChI is InChI=1S/C19H35N5O.HI/c1-5-20-19(21-10-13-23(4)16(2)3)22-15-17(18-9-8-14-25-18)24-11-6-7-12-24;/h8-9,14,16-17H,5-7,10-13,15H2,1-4H3,(H2,20,21,22);1H. The second kappa shape index (κ2) is 12.6. The van der Waals surface area contributed by atoms with Crippen LogP contribution in [0.15, 0.2) is 27.8 Å². The molecule has 1 saturated heterocycles. The fourth-order valence-corrected chi connectivity index (χ4v) is 3.05. The number of hydrogen-bond donors (Lipinski definition) is 2. The van der Waals surface area contributed by atoms with Gasteiger partial charge in [0.25, 0.3) is 0 Å². The van der Waals surface area contributed by atoms with Crippen molar-refractivity contribution in [3.05, 3.63) is 24.2 Å². The molecule has 0 spiro atoms. The summed E-state index contributed by atoms with van der Waals surface area (Å²) in [4.78, 5) is 9.64. The van der Waals surface area contributed by atoms with Crippen LogP contribution >= 0.6 is 24.0 Å². The van der Waals surface area contributed by atoms with Crippen LogP contribution in [0.2, 0.25) is 0 Å². The number of likely N-dealkylation sites (N-methyl/N-ethyl adjacent to an activating group) is 1. The van der Waals surface area contributed by atoms with Crippen LogP contribution in [-0.2, 0) is 0 Å². The Morgan fingerprint density at radius 3 is 2.62 bits per heavy atom. The first-order valence-electron chi connectivity index (χ1n) is 9.61. The summed E-state index contributed by atoms with van der Waals surface area (Å²) >= 11 is 0. The lowest BCUT2D eigenvalue weighted by Gasteiger charge is -2.25. The number of guanidine groups is 1. The van der Waals surface area contributed by atoms with Crippen LogP contribution in [0.4, 0.5) is 0 Å². The highest BCUT2D eigenvalue weighted by molar-refractivity contribution is 14.0. The molecule has 1 atom stereocenters. The van der Waals surface area contributed by atoms with Crippen LogP contribution in [0.3, 0.4) is 0 Å². The number of aliphatic imine (C=N–C) groups is 1. The minimum atomic E-state index is 0. The fraction of sp³-hybridized carbons (Fsp3) is 0.737. The summed E-state index contributed by atoms with van der Waals surface area (Å²) in [5.74, 6) is 1.90. The van der Waals surface area contributed by atoms with Crippen molar-refractivity contribution in [2.45, 2.75) is 45.7 Å². The number of nitrogens with zero attached hydrogens (tertiary/aromatic N) is 3. The number of likely N-dealkylation sites (tertiary alicyclic amines) is 1. The molecule has 0 radical (unpaired) electrons. The topological polar surface area (TPSA) is 56.0 Å². The van der Waals surface area contributed by atoms with E-state index < -0.39 is 0 Å². The number of halogens is 1. The predicted molar refractivity (Wildman–Crippen MR) is 119 cm³/mol. The van der Waals surface area contributed by atoms with Crippen molar-refractivity contribution in [1.29, 1.82) is 0 Å². The Morgan fingerprint density at radius 2 is 2.04 bits per heavy atom. The zero-order valence-electron chi connectivity index (χ0n) is 16.7. The first-order valence-corrected chi connectivity index (χ1v) is 9.61. The maximum absolute atomic E-state index is 5.68. The molecule has 2 heterocycles. The van der Waals surface area contributed by atoms with Crippen molar-refractivity contribution >= 4 is 29.9 Å². The molecule has 6 nitrogen and oxygen atoms in total. The molecule has 1 aliphatic heterocycles. The van der Waals surface area contributed by atoms with Crippen LogP contribution in [0.5, 0.6) is 0 Å². The van der Waals surface area contributed by atoms with Crippen LogP contribution in [-0.4, -0.2) is 68.1 Å². The average molecular weight is 477 g/mol. The highest BCUT2D eigenvalue weighted by atomic mass is 127. The second-order valence-corrected chi connectivity index (χ2v) is 7.00. The van der Waals surface area contributed by atoms with Crippen LogP contribution < -0.4 is 10.6 Å². The third-order valence-electron chi connectivity index (χ3n) is 4.86. The lowest BCUT2D eigenvalue weighted by atomic mass is 10.2. The summed E-state index contributed by atoms with van der Waals surface area (Å²) in [5.41, 5.74) is 0. The summed E-state index contributed by atoms with van der Waals surface area (Å²) in [6, 6.07) is 4.81. The molecule has 7 heteroatoms. The third-order valence-corrected chi connectivity index (χ3v) is 4.86. The smallest absolute Gasteiger partial charge is 0.191 e. The minimum absolute atomic E-state index is 0. The van der Waals surface area contributed by atoms with Crippen molar-refractivity contribution < 1.29 is 4.42 Å². The van der Waals surface area contributed by atoms with E-state index >= 15 is 0 Å². The molecule has 1 aliphatic rings. The largest absolute Gasteiger partial charge is 0.468 e. The van der Waals surface area contributed by atoms with Gasteiger partial charge in [-0.25, -0.2) is 0 Å². The van der Waals surface area contributed by atoms with Gasteiger partial charge in [0.05, 0.1) is 18.8 Å². The molecule has 0 aromatic carbocycles. The van der Waals surface area contributed by atoms with E-state index in [2.05, 4.69) is 54.3 Å².